The van der Waals surface area contributed by atoms with Crippen LogP contribution in [0.4, 0.5) is 4.79 Å². The van der Waals surface area contributed by atoms with Gasteiger partial charge in [0, 0.05) is 42.4 Å². The number of carbonyl (C=O) groups is 3. The van der Waals surface area contributed by atoms with Crippen LogP contribution in [0, 0.1) is 0 Å². The first-order valence-corrected chi connectivity index (χ1v) is 15.2. The van der Waals surface area contributed by atoms with Crippen molar-refractivity contribution in [2.75, 3.05) is 132 Å². The number of carbonyl (C=O) groups excluding carboxylic acids is 2. The average molecular weight is 680 g/mol. The molecule has 0 aromatic heterocycles. The van der Waals surface area contributed by atoms with Gasteiger partial charge in [-0.15, -0.1) is 0 Å². The molecule has 0 saturated heterocycles. The SMILES string of the molecule is [N-]=[N+]=NCCOCCOCCOCCOCCNC(=O)CC[C@H](NC(=O)O)C(=O)NCCOCCOCCOCCOCCN=[N+]=[N-]. The van der Waals surface area contributed by atoms with Crippen LogP contribution < -0.4 is 16.0 Å². The fraction of sp³-hybridized carbons (Fsp3) is 0.885. The van der Waals surface area contributed by atoms with Crippen molar-refractivity contribution in [3.05, 3.63) is 20.9 Å². The van der Waals surface area contributed by atoms with E-state index in [-0.39, 0.29) is 58.1 Å². The fourth-order valence-electron chi connectivity index (χ4n) is 3.24. The maximum Gasteiger partial charge on any atom is 0.405 e. The highest BCUT2D eigenvalue weighted by Crippen LogP contribution is 1.99. The molecule has 1 atom stereocenters. The van der Waals surface area contributed by atoms with Crippen molar-refractivity contribution in [2.45, 2.75) is 18.9 Å². The molecule has 0 bridgehead atoms. The van der Waals surface area contributed by atoms with Gasteiger partial charge in [-0.2, -0.15) is 0 Å². The second kappa shape index (κ2) is 35.4. The molecule has 270 valence electrons. The van der Waals surface area contributed by atoms with Gasteiger partial charge in [0.15, 0.2) is 0 Å². The molecule has 0 aromatic rings. The van der Waals surface area contributed by atoms with Crippen LogP contribution in [-0.4, -0.2) is 161 Å². The summed E-state index contributed by atoms with van der Waals surface area (Å²) in [6.45, 7) is 6.51. The number of hydrogen-bond acceptors (Lipinski definition) is 13. The Labute approximate surface area is 273 Å². The van der Waals surface area contributed by atoms with Gasteiger partial charge in [-0.1, -0.05) is 10.2 Å². The number of hydrogen-bond donors (Lipinski definition) is 4. The van der Waals surface area contributed by atoms with Crippen molar-refractivity contribution in [2.24, 2.45) is 10.2 Å². The summed E-state index contributed by atoms with van der Waals surface area (Å²) in [6.07, 6.45) is -1.47. The number of azide groups is 2. The van der Waals surface area contributed by atoms with Gasteiger partial charge in [0.25, 0.3) is 0 Å². The molecule has 0 heterocycles. The summed E-state index contributed by atoms with van der Waals surface area (Å²) in [5, 5.41) is 23.1. The highest BCUT2D eigenvalue weighted by molar-refractivity contribution is 5.86. The lowest BCUT2D eigenvalue weighted by molar-refractivity contribution is -0.124. The molecular formula is C26H49N9O12. The summed E-state index contributed by atoms with van der Waals surface area (Å²) in [6, 6.07) is -1.10. The van der Waals surface area contributed by atoms with Gasteiger partial charge >= 0.3 is 6.09 Å². The smallest absolute Gasteiger partial charge is 0.405 e. The number of rotatable bonds is 35. The quantitative estimate of drug-likeness (QED) is 0.0306. The lowest BCUT2D eigenvalue weighted by Gasteiger charge is -2.16. The summed E-state index contributed by atoms with van der Waals surface area (Å²) < 4.78 is 42.5. The second-order valence-electron chi connectivity index (χ2n) is 8.99. The first-order valence-electron chi connectivity index (χ1n) is 15.2. The predicted octanol–water partition coefficient (Wildman–Crippen LogP) is 0.389. The zero-order chi connectivity index (χ0) is 34.5. The molecule has 3 amide bonds. The van der Waals surface area contributed by atoms with Crippen LogP contribution in [0.1, 0.15) is 12.8 Å². The fourth-order valence-corrected chi connectivity index (χ4v) is 3.24. The number of ether oxygens (including phenoxy) is 8. The Bertz CT molecular complexity index is 893. The van der Waals surface area contributed by atoms with Crippen molar-refractivity contribution in [1.29, 1.82) is 0 Å². The minimum absolute atomic E-state index is 0.0265. The van der Waals surface area contributed by atoms with E-state index in [1.54, 1.807) is 0 Å². The molecule has 0 aliphatic heterocycles. The monoisotopic (exact) mass is 679 g/mol. The summed E-state index contributed by atoms with van der Waals surface area (Å²) in [5.74, 6) is -0.915. The van der Waals surface area contributed by atoms with Gasteiger partial charge in [-0.25, -0.2) is 4.79 Å². The van der Waals surface area contributed by atoms with E-state index < -0.39 is 18.0 Å². The molecule has 0 saturated carbocycles. The molecular weight excluding hydrogens is 630 g/mol. The Morgan fingerprint density at radius 2 is 0.936 bits per heavy atom. The Morgan fingerprint density at radius 1 is 0.574 bits per heavy atom. The molecule has 0 aliphatic rings. The van der Waals surface area contributed by atoms with Gasteiger partial charge in [0.05, 0.1) is 106 Å². The van der Waals surface area contributed by atoms with E-state index in [0.717, 1.165) is 0 Å². The summed E-state index contributed by atoms with van der Waals surface area (Å²) in [4.78, 5) is 40.9. The maximum atomic E-state index is 12.4. The first kappa shape index (κ1) is 43.5. The minimum atomic E-state index is -1.38. The molecule has 0 rings (SSSR count). The third kappa shape index (κ3) is 33.7. The molecule has 0 radical (unpaired) electrons. The van der Waals surface area contributed by atoms with Crippen LogP contribution in [0.25, 0.3) is 20.9 Å². The van der Waals surface area contributed by atoms with Crippen molar-refractivity contribution < 1.29 is 57.4 Å². The molecule has 0 aromatic carbocycles. The Balaban J connectivity index is 3.72. The molecule has 47 heavy (non-hydrogen) atoms. The normalized spacial score (nSPS) is 11.2. The van der Waals surface area contributed by atoms with E-state index in [4.69, 9.17) is 54.1 Å². The van der Waals surface area contributed by atoms with Crippen molar-refractivity contribution in [1.82, 2.24) is 16.0 Å². The van der Waals surface area contributed by atoms with Crippen molar-refractivity contribution in [3.8, 4) is 0 Å². The molecule has 0 spiro atoms. The zero-order valence-electron chi connectivity index (χ0n) is 26.8. The van der Waals surface area contributed by atoms with Gasteiger partial charge in [-0.3, -0.25) is 9.59 Å². The minimum Gasteiger partial charge on any atom is -0.465 e. The van der Waals surface area contributed by atoms with Gasteiger partial charge in [0.2, 0.25) is 11.8 Å². The largest absolute Gasteiger partial charge is 0.465 e. The Kier molecular flexibility index (Phi) is 32.7. The van der Waals surface area contributed by atoms with E-state index in [2.05, 4.69) is 36.0 Å². The number of nitrogens with zero attached hydrogens (tertiary/aromatic N) is 6. The lowest BCUT2D eigenvalue weighted by Crippen LogP contribution is -2.47. The van der Waals surface area contributed by atoms with Crippen LogP contribution in [0.3, 0.4) is 0 Å². The van der Waals surface area contributed by atoms with Crippen LogP contribution in [0.15, 0.2) is 10.2 Å². The third-order valence-corrected chi connectivity index (χ3v) is 5.42. The van der Waals surface area contributed by atoms with E-state index in [1.165, 1.54) is 0 Å². The standard InChI is InChI=1S/C26H49N9O12/c27-34-31-5-9-42-13-17-46-21-19-44-15-11-40-7-3-29-24(36)2-1-23(33-26(38)39)25(37)30-4-8-41-12-16-45-20-22-47-18-14-43-10-6-32-35-28/h23,33H,1-22H2,(H,29,36)(H,30,37)(H,38,39)/t23-/m0/s1. The van der Waals surface area contributed by atoms with Crippen LogP contribution in [-0.2, 0) is 47.5 Å². The number of carboxylic acid groups (broad SMARTS) is 1. The number of amides is 3. The van der Waals surface area contributed by atoms with Crippen molar-refractivity contribution >= 4 is 17.9 Å². The van der Waals surface area contributed by atoms with Gasteiger partial charge < -0.3 is 59.0 Å². The summed E-state index contributed by atoms with van der Waals surface area (Å²) in [7, 11) is 0. The molecule has 0 aliphatic carbocycles. The average Bonchev–Trinajstić information content (AvgIpc) is 3.06. The first-order chi connectivity index (χ1) is 23.0. The highest BCUT2D eigenvalue weighted by atomic mass is 16.6. The van der Waals surface area contributed by atoms with Crippen LogP contribution >= 0.6 is 0 Å². The van der Waals surface area contributed by atoms with Crippen LogP contribution in [0.2, 0.25) is 0 Å². The van der Waals surface area contributed by atoms with Crippen LogP contribution in [0.5, 0.6) is 0 Å². The van der Waals surface area contributed by atoms with E-state index in [0.29, 0.717) is 92.5 Å². The predicted molar refractivity (Wildman–Crippen MR) is 165 cm³/mol. The van der Waals surface area contributed by atoms with E-state index in [1.807, 2.05) is 0 Å². The molecule has 0 unspecified atom stereocenters. The van der Waals surface area contributed by atoms with E-state index in [9.17, 15) is 14.4 Å². The Morgan fingerprint density at radius 3 is 1.32 bits per heavy atom. The summed E-state index contributed by atoms with van der Waals surface area (Å²) in [5.41, 5.74) is 16.3. The summed E-state index contributed by atoms with van der Waals surface area (Å²) >= 11 is 0. The topological polar surface area (TPSA) is 279 Å². The lowest BCUT2D eigenvalue weighted by atomic mass is 10.1. The molecule has 4 N–H and O–H groups in total. The second-order valence-corrected chi connectivity index (χ2v) is 8.99. The number of nitrogens with one attached hydrogen (secondary N) is 3. The molecule has 0 fully saturated rings. The molecule has 21 heteroatoms. The Hall–Kier alpha value is -3.49. The highest BCUT2D eigenvalue weighted by Gasteiger charge is 2.21. The molecule has 21 nitrogen and oxygen atoms in total. The third-order valence-electron chi connectivity index (χ3n) is 5.42. The van der Waals surface area contributed by atoms with E-state index >= 15 is 0 Å². The van der Waals surface area contributed by atoms with Gasteiger partial charge in [0.1, 0.15) is 6.04 Å². The maximum absolute atomic E-state index is 12.4. The van der Waals surface area contributed by atoms with Crippen molar-refractivity contribution in [3.63, 3.8) is 0 Å². The zero-order valence-corrected chi connectivity index (χ0v) is 26.8. The van der Waals surface area contributed by atoms with Gasteiger partial charge in [-0.05, 0) is 17.5 Å².